The van der Waals surface area contributed by atoms with Crippen LogP contribution in [0.2, 0.25) is 0 Å². The smallest absolute Gasteiger partial charge is 0.239 e. The number of benzene rings is 1. The minimum Gasteiger partial charge on any atom is -0.378 e. The van der Waals surface area contributed by atoms with Gasteiger partial charge in [-0.15, -0.1) is 5.10 Å². The number of methoxy groups -OCH3 is 1. The number of ether oxygens (including phenoxy) is 1. The van der Waals surface area contributed by atoms with Crippen LogP contribution in [-0.2, 0) is 4.74 Å². The fourth-order valence-corrected chi connectivity index (χ4v) is 2.89. The first-order valence-electron chi connectivity index (χ1n) is 7.12. The second-order valence-corrected chi connectivity index (χ2v) is 5.58. The Kier molecular flexibility index (Phi) is 3.55. The molecule has 0 aliphatic carbocycles. The van der Waals surface area contributed by atoms with Crippen LogP contribution in [0, 0.1) is 0 Å². The Balaban J connectivity index is 1.95. The van der Waals surface area contributed by atoms with Gasteiger partial charge in [0.15, 0.2) is 5.82 Å². The highest BCUT2D eigenvalue weighted by molar-refractivity contribution is 5.46. The van der Waals surface area contributed by atoms with Crippen molar-refractivity contribution in [2.75, 3.05) is 31.8 Å². The Morgan fingerprint density at radius 2 is 1.95 bits per heavy atom. The zero-order valence-electron chi connectivity index (χ0n) is 12.7. The normalized spacial score (nSPS) is 21.1. The molecule has 0 fully saturated rings. The van der Waals surface area contributed by atoms with E-state index in [-0.39, 0.29) is 12.1 Å². The summed E-state index contributed by atoms with van der Waals surface area (Å²) >= 11 is 0. The van der Waals surface area contributed by atoms with Gasteiger partial charge in [0.25, 0.3) is 0 Å². The standard InChI is InChI=1S/C15H21N5O/c1-19(2)11-6-4-10(5-7-11)12-8-9-13(21-3)14-17-15(16)18-20(12)14/h4-7,12-13H,8-9H2,1-3H3,(H2,16,18). The van der Waals surface area contributed by atoms with Crippen molar-refractivity contribution < 1.29 is 4.74 Å². The quantitative estimate of drug-likeness (QED) is 0.935. The van der Waals surface area contributed by atoms with E-state index in [1.807, 2.05) is 18.8 Å². The van der Waals surface area contributed by atoms with Crippen LogP contribution in [0.25, 0.3) is 0 Å². The van der Waals surface area contributed by atoms with Crippen molar-refractivity contribution in [1.29, 1.82) is 0 Å². The molecule has 0 bridgehead atoms. The van der Waals surface area contributed by atoms with Crippen LogP contribution in [-0.4, -0.2) is 36.0 Å². The van der Waals surface area contributed by atoms with Gasteiger partial charge >= 0.3 is 0 Å². The maximum atomic E-state index is 5.77. The van der Waals surface area contributed by atoms with E-state index in [9.17, 15) is 0 Å². The van der Waals surface area contributed by atoms with Crippen molar-refractivity contribution in [3.8, 4) is 0 Å². The number of fused-ring (bicyclic) bond motifs is 1. The number of nitrogen functional groups attached to an aromatic ring is 1. The van der Waals surface area contributed by atoms with Crippen molar-refractivity contribution in [1.82, 2.24) is 14.8 Å². The van der Waals surface area contributed by atoms with E-state index in [4.69, 9.17) is 10.5 Å². The fraction of sp³-hybridized carbons (Fsp3) is 0.467. The molecule has 1 aromatic carbocycles. The lowest BCUT2D eigenvalue weighted by Gasteiger charge is -2.28. The van der Waals surface area contributed by atoms with Gasteiger partial charge in [-0.1, -0.05) is 12.1 Å². The number of hydrogen-bond acceptors (Lipinski definition) is 5. The van der Waals surface area contributed by atoms with Crippen LogP contribution in [0.1, 0.15) is 36.4 Å². The van der Waals surface area contributed by atoms with Crippen molar-refractivity contribution in [2.24, 2.45) is 0 Å². The maximum absolute atomic E-state index is 5.77. The molecule has 2 N–H and O–H groups in total. The zero-order chi connectivity index (χ0) is 15.0. The molecule has 2 unspecified atom stereocenters. The summed E-state index contributed by atoms with van der Waals surface area (Å²) in [4.78, 5) is 6.41. The average molecular weight is 287 g/mol. The first-order valence-corrected chi connectivity index (χ1v) is 7.12. The largest absolute Gasteiger partial charge is 0.378 e. The van der Waals surface area contributed by atoms with Crippen LogP contribution in [0.5, 0.6) is 0 Å². The molecule has 2 atom stereocenters. The number of rotatable bonds is 3. The Morgan fingerprint density at radius 1 is 1.24 bits per heavy atom. The molecule has 6 nitrogen and oxygen atoms in total. The number of hydrogen-bond donors (Lipinski definition) is 1. The highest BCUT2D eigenvalue weighted by Gasteiger charge is 2.31. The van der Waals surface area contributed by atoms with Crippen molar-refractivity contribution >= 4 is 11.6 Å². The van der Waals surface area contributed by atoms with Gasteiger partial charge in [-0.2, -0.15) is 4.98 Å². The molecule has 2 aromatic rings. The van der Waals surface area contributed by atoms with Gasteiger partial charge in [0.2, 0.25) is 5.95 Å². The molecule has 0 saturated carbocycles. The fourth-order valence-electron chi connectivity index (χ4n) is 2.89. The second kappa shape index (κ2) is 5.37. The van der Waals surface area contributed by atoms with Crippen molar-refractivity contribution in [3.63, 3.8) is 0 Å². The molecule has 1 aliphatic rings. The van der Waals surface area contributed by atoms with E-state index in [1.165, 1.54) is 11.3 Å². The van der Waals surface area contributed by atoms with E-state index in [2.05, 4.69) is 39.2 Å². The van der Waals surface area contributed by atoms with E-state index in [0.29, 0.717) is 5.95 Å². The Hall–Kier alpha value is -2.08. The highest BCUT2D eigenvalue weighted by atomic mass is 16.5. The van der Waals surface area contributed by atoms with Gasteiger partial charge in [-0.3, -0.25) is 0 Å². The van der Waals surface area contributed by atoms with Crippen LogP contribution >= 0.6 is 0 Å². The van der Waals surface area contributed by atoms with E-state index in [1.54, 1.807) is 7.11 Å². The summed E-state index contributed by atoms with van der Waals surface area (Å²) in [7, 11) is 5.77. The molecule has 0 amide bonds. The van der Waals surface area contributed by atoms with Crippen LogP contribution in [0.15, 0.2) is 24.3 Å². The summed E-state index contributed by atoms with van der Waals surface area (Å²) in [6, 6.07) is 8.71. The van der Waals surface area contributed by atoms with Gasteiger partial charge in [0.05, 0.1) is 6.04 Å². The van der Waals surface area contributed by atoms with E-state index < -0.39 is 0 Å². The summed E-state index contributed by atoms with van der Waals surface area (Å²) in [5, 5.41) is 4.36. The summed E-state index contributed by atoms with van der Waals surface area (Å²) < 4.78 is 7.39. The molecule has 1 aromatic heterocycles. The molecule has 2 heterocycles. The van der Waals surface area contributed by atoms with Crippen LogP contribution in [0.4, 0.5) is 11.6 Å². The molecule has 6 heteroatoms. The van der Waals surface area contributed by atoms with Crippen LogP contribution in [0.3, 0.4) is 0 Å². The van der Waals surface area contributed by atoms with Gasteiger partial charge in [-0.05, 0) is 30.5 Å². The molecule has 112 valence electrons. The van der Waals surface area contributed by atoms with Crippen molar-refractivity contribution in [3.05, 3.63) is 35.7 Å². The maximum Gasteiger partial charge on any atom is 0.239 e. The first kappa shape index (κ1) is 13.9. The summed E-state index contributed by atoms with van der Waals surface area (Å²) in [6.45, 7) is 0. The minimum absolute atomic E-state index is 0.0212. The highest BCUT2D eigenvalue weighted by Crippen LogP contribution is 2.36. The molecule has 0 radical (unpaired) electrons. The Morgan fingerprint density at radius 3 is 2.57 bits per heavy atom. The van der Waals surface area contributed by atoms with Gasteiger partial charge in [0, 0.05) is 26.9 Å². The van der Waals surface area contributed by atoms with E-state index >= 15 is 0 Å². The molecule has 0 saturated heterocycles. The molecular formula is C15H21N5O. The second-order valence-electron chi connectivity index (χ2n) is 5.58. The zero-order valence-corrected chi connectivity index (χ0v) is 12.7. The van der Waals surface area contributed by atoms with E-state index in [0.717, 1.165) is 18.7 Å². The Labute approximate surface area is 124 Å². The number of anilines is 2. The number of aromatic nitrogens is 3. The number of nitrogens with two attached hydrogens (primary N) is 1. The van der Waals surface area contributed by atoms with Gasteiger partial charge < -0.3 is 15.4 Å². The predicted octanol–water partition coefficient (Wildman–Crippen LogP) is 2.00. The third-order valence-corrected chi connectivity index (χ3v) is 4.04. The first-order chi connectivity index (χ1) is 10.1. The number of nitrogens with zero attached hydrogens (tertiary/aromatic N) is 4. The molecule has 1 aliphatic heterocycles. The topological polar surface area (TPSA) is 69.2 Å². The monoisotopic (exact) mass is 287 g/mol. The molecule has 21 heavy (non-hydrogen) atoms. The van der Waals surface area contributed by atoms with Crippen molar-refractivity contribution in [2.45, 2.75) is 25.0 Å². The molecule has 3 rings (SSSR count). The lowest BCUT2D eigenvalue weighted by atomic mass is 9.96. The lowest BCUT2D eigenvalue weighted by molar-refractivity contribution is 0.0649. The summed E-state index contributed by atoms with van der Waals surface area (Å²) in [5.41, 5.74) is 8.18. The summed E-state index contributed by atoms with van der Waals surface area (Å²) in [6.07, 6.45) is 1.87. The van der Waals surface area contributed by atoms with Crippen LogP contribution < -0.4 is 10.6 Å². The van der Waals surface area contributed by atoms with Gasteiger partial charge in [-0.25, -0.2) is 4.68 Å². The predicted molar refractivity (Wildman–Crippen MR) is 82.3 cm³/mol. The SMILES string of the molecule is COC1CCC(c2ccc(N(C)C)cc2)n2nc(N)nc21. The minimum atomic E-state index is -0.0212. The third kappa shape index (κ3) is 2.47. The molecular weight excluding hydrogens is 266 g/mol. The average Bonchev–Trinajstić information content (AvgIpc) is 2.87. The van der Waals surface area contributed by atoms with Gasteiger partial charge in [0.1, 0.15) is 6.10 Å². The third-order valence-electron chi connectivity index (χ3n) is 4.04. The Bertz CT molecular complexity index is 619. The lowest BCUT2D eigenvalue weighted by Crippen LogP contribution is -2.24. The molecule has 0 spiro atoms. The summed E-state index contributed by atoms with van der Waals surface area (Å²) in [5.74, 6) is 1.13.